The number of carbonyl (C=O) groups excluding carboxylic acids is 1. The van der Waals surface area contributed by atoms with Crippen LogP contribution in [0.3, 0.4) is 0 Å². The molecule has 0 spiro atoms. The maximum absolute atomic E-state index is 12.8. The average molecular weight is 291 g/mol. The van der Waals surface area contributed by atoms with Crippen molar-refractivity contribution < 1.29 is 13.6 Å². The van der Waals surface area contributed by atoms with Gasteiger partial charge in [-0.15, -0.1) is 0 Å². The van der Waals surface area contributed by atoms with Gasteiger partial charge >= 0.3 is 0 Å². The number of oxazole rings is 1. The molecule has 0 saturated carbocycles. The smallest absolute Gasteiger partial charge is 0.226 e. The van der Waals surface area contributed by atoms with Crippen molar-refractivity contribution in [3.63, 3.8) is 0 Å². The predicted molar refractivity (Wildman–Crippen MR) is 76.8 cm³/mol. The van der Waals surface area contributed by atoms with Crippen molar-refractivity contribution in [1.82, 2.24) is 10.3 Å². The Bertz CT molecular complexity index is 595. The lowest BCUT2D eigenvalue weighted by atomic mass is 10.2. The average Bonchev–Trinajstić information content (AvgIpc) is 2.94. The third kappa shape index (κ3) is 4.39. The summed E-state index contributed by atoms with van der Waals surface area (Å²) in [7, 11) is 0. The third-order valence-electron chi connectivity index (χ3n) is 3.03. The molecule has 0 radical (unpaired) electrons. The monoisotopic (exact) mass is 291 g/mol. The maximum atomic E-state index is 12.8. The van der Waals surface area contributed by atoms with E-state index in [1.807, 2.05) is 6.92 Å². The fourth-order valence-corrected chi connectivity index (χ4v) is 1.71. The summed E-state index contributed by atoms with van der Waals surface area (Å²) < 4.78 is 18.2. The number of amides is 1. The summed E-state index contributed by atoms with van der Waals surface area (Å²) >= 11 is 0. The Balaban J connectivity index is 1.94. The molecule has 5 nitrogen and oxygen atoms in total. The Morgan fingerprint density at radius 2 is 2.14 bits per heavy atom. The highest BCUT2D eigenvalue weighted by atomic mass is 19.1. The second-order valence-electron chi connectivity index (χ2n) is 4.97. The standard InChI is InChI=1S/C15H18FN3O2/c1-10(7-17)8-18-14(20)6-13-9-21-15(19-13)11-2-4-12(16)5-3-11/h2-5,9-10H,6-8,17H2,1H3,(H,18,20). The molecule has 1 aromatic heterocycles. The van der Waals surface area contributed by atoms with Crippen LogP contribution in [-0.2, 0) is 11.2 Å². The van der Waals surface area contributed by atoms with Gasteiger partial charge in [0.05, 0.1) is 12.1 Å². The van der Waals surface area contributed by atoms with Crippen LogP contribution in [-0.4, -0.2) is 24.0 Å². The van der Waals surface area contributed by atoms with Crippen LogP contribution in [0.4, 0.5) is 4.39 Å². The number of nitrogens with one attached hydrogen (secondary N) is 1. The van der Waals surface area contributed by atoms with E-state index in [2.05, 4.69) is 10.3 Å². The lowest BCUT2D eigenvalue weighted by Crippen LogP contribution is -2.32. The van der Waals surface area contributed by atoms with Crippen LogP contribution in [0.15, 0.2) is 34.9 Å². The van der Waals surface area contributed by atoms with Crippen LogP contribution in [0.5, 0.6) is 0 Å². The Morgan fingerprint density at radius 1 is 1.43 bits per heavy atom. The summed E-state index contributed by atoms with van der Waals surface area (Å²) in [5.41, 5.74) is 6.68. The summed E-state index contributed by atoms with van der Waals surface area (Å²) in [6.07, 6.45) is 1.58. The quantitative estimate of drug-likeness (QED) is 0.849. The minimum absolute atomic E-state index is 0.130. The zero-order valence-corrected chi connectivity index (χ0v) is 11.8. The van der Waals surface area contributed by atoms with Gasteiger partial charge in [0.15, 0.2) is 0 Å². The minimum Gasteiger partial charge on any atom is -0.444 e. The first-order valence-electron chi connectivity index (χ1n) is 6.75. The summed E-state index contributed by atoms with van der Waals surface area (Å²) in [5, 5.41) is 2.79. The van der Waals surface area contributed by atoms with Gasteiger partial charge in [0.2, 0.25) is 11.8 Å². The van der Waals surface area contributed by atoms with Gasteiger partial charge in [-0.05, 0) is 36.7 Å². The molecule has 1 amide bonds. The molecule has 112 valence electrons. The lowest BCUT2D eigenvalue weighted by molar-refractivity contribution is -0.120. The fraction of sp³-hybridized carbons (Fsp3) is 0.333. The predicted octanol–water partition coefficient (Wildman–Crippen LogP) is 1.73. The van der Waals surface area contributed by atoms with Gasteiger partial charge in [0.1, 0.15) is 12.1 Å². The first kappa shape index (κ1) is 15.2. The number of hydrogen-bond acceptors (Lipinski definition) is 4. The Morgan fingerprint density at radius 3 is 2.81 bits per heavy atom. The van der Waals surface area contributed by atoms with E-state index < -0.39 is 0 Å². The van der Waals surface area contributed by atoms with Gasteiger partial charge in [-0.1, -0.05) is 6.92 Å². The van der Waals surface area contributed by atoms with E-state index in [1.165, 1.54) is 18.4 Å². The van der Waals surface area contributed by atoms with E-state index in [9.17, 15) is 9.18 Å². The zero-order chi connectivity index (χ0) is 15.2. The Kier molecular flexibility index (Phi) is 5.05. The van der Waals surface area contributed by atoms with E-state index in [0.29, 0.717) is 30.2 Å². The summed E-state index contributed by atoms with van der Waals surface area (Å²) in [6.45, 7) is 3.03. The highest BCUT2D eigenvalue weighted by Gasteiger charge is 2.11. The van der Waals surface area contributed by atoms with Crippen LogP contribution in [0.1, 0.15) is 12.6 Å². The lowest BCUT2D eigenvalue weighted by Gasteiger charge is -2.08. The number of nitrogens with zero attached hydrogens (tertiary/aromatic N) is 1. The molecule has 0 saturated heterocycles. The van der Waals surface area contributed by atoms with Crippen molar-refractivity contribution in [2.24, 2.45) is 11.7 Å². The van der Waals surface area contributed by atoms with Gasteiger partial charge in [-0.3, -0.25) is 4.79 Å². The van der Waals surface area contributed by atoms with Crippen molar-refractivity contribution in [1.29, 1.82) is 0 Å². The van der Waals surface area contributed by atoms with Crippen molar-refractivity contribution in [3.05, 3.63) is 42.0 Å². The van der Waals surface area contributed by atoms with Gasteiger partial charge < -0.3 is 15.5 Å². The fourth-order valence-electron chi connectivity index (χ4n) is 1.71. The molecule has 0 aliphatic rings. The van der Waals surface area contributed by atoms with Gasteiger partial charge in [0, 0.05) is 12.1 Å². The molecule has 3 N–H and O–H groups in total. The molecule has 0 bridgehead atoms. The summed E-state index contributed by atoms with van der Waals surface area (Å²) in [4.78, 5) is 16.0. The molecule has 2 rings (SSSR count). The van der Waals surface area contributed by atoms with E-state index in [1.54, 1.807) is 12.1 Å². The third-order valence-corrected chi connectivity index (χ3v) is 3.03. The number of nitrogens with two attached hydrogens (primary N) is 1. The van der Waals surface area contributed by atoms with Gasteiger partial charge in [0.25, 0.3) is 0 Å². The molecular formula is C15H18FN3O2. The molecule has 0 aliphatic carbocycles. The number of aromatic nitrogens is 1. The number of rotatable bonds is 6. The zero-order valence-electron chi connectivity index (χ0n) is 11.8. The van der Waals surface area contributed by atoms with Crippen LogP contribution >= 0.6 is 0 Å². The van der Waals surface area contributed by atoms with Gasteiger partial charge in [-0.25, -0.2) is 9.37 Å². The van der Waals surface area contributed by atoms with Crippen LogP contribution in [0.2, 0.25) is 0 Å². The highest BCUT2D eigenvalue weighted by Crippen LogP contribution is 2.19. The number of carbonyl (C=O) groups is 1. The number of benzene rings is 1. The van der Waals surface area contributed by atoms with Crippen molar-refractivity contribution >= 4 is 5.91 Å². The molecule has 1 aromatic carbocycles. The van der Waals surface area contributed by atoms with Crippen molar-refractivity contribution in [3.8, 4) is 11.5 Å². The van der Waals surface area contributed by atoms with E-state index in [4.69, 9.17) is 10.2 Å². The second-order valence-corrected chi connectivity index (χ2v) is 4.97. The molecule has 0 fully saturated rings. The highest BCUT2D eigenvalue weighted by molar-refractivity contribution is 5.78. The van der Waals surface area contributed by atoms with E-state index in [-0.39, 0.29) is 24.1 Å². The SMILES string of the molecule is CC(CN)CNC(=O)Cc1coc(-c2ccc(F)cc2)n1. The van der Waals surface area contributed by atoms with Crippen molar-refractivity contribution in [2.45, 2.75) is 13.3 Å². The summed E-state index contributed by atoms with van der Waals surface area (Å²) in [6, 6.07) is 5.82. The molecular weight excluding hydrogens is 273 g/mol. The first-order chi connectivity index (χ1) is 10.1. The topological polar surface area (TPSA) is 81.1 Å². The van der Waals surface area contributed by atoms with Crippen LogP contribution < -0.4 is 11.1 Å². The molecule has 0 aliphatic heterocycles. The second kappa shape index (κ2) is 6.99. The summed E-state index contributed by atoms with van der Waals surface area (Å²) in [5.74, 6) is 0.155. The normalized spacial score (nSPS) is 12.1. The maximum Gasteiger partial charge on any atom is 0.226 e. The van der Waals surface area contributed by atoms with Crippen LogP contribution in [0, 0.1) is 11.7 Å². The van der Waals surface area contributed by atoms with Crippen molar-refractivity contribution in [2.75, 3.05) is 13.1 Å². The number of hydrogen-bond donors (Lipinski definition) is 2. The largest absolute Gasteiger partial charge is 0.444 e. The van der Waals surface area contributed by atoms with E-state index >= 15 is 0 Å². The number of halogens is 1. The molecule has 2 aromatic rings. The Labute approximate surface area is 122 Å². The molecule has 1 unspecified atom stereocenters. The first-order valence-corrected chi connectivity index (χ1v) is 6.75. The minimum atomic E-state index is -0.320. The van der Waals surface area contributed by atoms with Gasteiger partial charge in [-0.2, -0.15) is 0 Å². The Hall–Kier alpha value is -2.21. The van der Waals surface area contributed by atoms with E-state index in [0.717, 1.165) is 0 Å². The molecule has 1 atom stereocenters. The molecule has 6 heteroatoms. The molecule has 21 heavy (non-hydrogen) atoms. The molecule has 1 heterocycles. The van der Waals surface area contributed by atoms with Crippen LogP contribution in [0.25, 0.3) is 11.5 Å².